The lowest BCUT2D eigenvalue weighted by molar-refractivity contribution is -0.143. The Balaban J connectivity index is 1.53. The van der Waals surface area contributed by atoms with Crippen LogP contribution in [-0.2, 0) is 22.4 Å². The summed E-state index contributed by atoms with van der Waals surface area (Å²) in [4.78, 5) is 13.0. The lowest BCUT2D eigenvalue weighted by Gasteiger charge is -2.19. The van der Waals surface area contributed by atoms with Crippen molar-refractivity contribution in [3.8, 4) is 11.1 Å². The Morgan fingerprint density at radius 3 is 2.14 bits per heavy atom. The van der Waals surface area contributed by atoms with E-state index in [9.17, 15) is 4.79 Å². The third-order valence-corrected chi connectivity index (χ3v) is 7.68. The lowest BCUT2D eigenvalue weighted by Crippen LogP contribution is -2.05. The van der Waals surface area contributed by atoms with Gasteiger partial charge in [-0.1, -0.05) is 90.5 Å². The standard InChI is InChI=1S/C33H34O2S/c1-4-35-33(34)21-19-27-18-20-31(22-25(27)3)36-32(23-26-8-6-5-7-9-26)30-16-14-29(15-17-30)28-12-10-24(2)11-13-28/h5-18,20,22,32H,4,19,21,23H2,1-3H3. The molecule has 0 aliphatic rings. The van der Waals surface area contributed by atoms with Crippen molar-refractivity contribution in [2.75, 3.05) is 6.61 Å². The van der Waals surface area contributed by atoms with Gasteiger partial charge < -0.3 is 4.74 Å². The van der Waals surface area contributed by atoms with Crippen LogP contribution in [0.3, 0.4) is 0 Å². The van der Waals surface area contributed by atoms with Crippen LogP contribution in [0.1, 0.15) is 46.4 Å². The first-order valence-electron chi connectivity index (χ1n) is 12.6. The number of hydrogen-bond donors (Lipinski definition) is 0. The molecular weight excluding hydrogens is 460 g/mol. The van der Waals surface area contributed by atoms with Gasteiger partial charge in [0.05, 0.1) is 6.61 Å². The number of carbonyl (C=O) groups is 1. The second-order valence-electron chi connectivity index (χ2n) is 9.18. The minimum atomic E-state index is -0.132. The van der Waals surface area contributed by atoms with Gasteiger partial charge in [0, 0.05) is 16.6 Å². The van der Waals surface area contributed by atoms with Crippen LogP contribution >= 0.6 is 11.8 Å². The summed E-state index contributed by atoms with van der Waals surface area (Å²) >= 11 is 1.90. The van der Waals surface area contributed by atoms with E-state index in [0.717, 1.165) is 6.42 Å². The summed E-state index contributed by atoms with van der Waals surface area (Å²) in [5.74, 6) is -0.132. The molecule has 4 aromatic carbocycles. The number of hydrogen-bond acceptors (Lipinski definition) is 3. The molecule has 0 saturated heterocycles. The molecule has 0 radical (unpaired) electrons. The molecule has 0 aromatic heterocycles. The number of benzene rings is 4. The molecule has 36 heavy (non-hydrogen) atoms. The van der Waals surface area contributed by atoms with E-state index in [4.69, 9.17) is 4.74 Å². The molecule has 0 spiro atoms. The van der Waals surface area contributed by atoms with Crippen LogP contribution in [-0.4, -0.2) is 12.6 Å². The van der Waals surface area contributed by atoms with Crippen LogP contribution < -0.4 is 0 Å². The van der Waals surface area contributed by atoms with Gasteiger partial charge in [0.2, 0.25) is 0 Å². The highest BCUT2D eigenvalue weighted by atomic mass is 32.2. The van der Waals surface area contributed by atoms with Gasteiger partial charge in [-0.15, -0.1) is 11.8 Å². The quantitative estimate of drug-likeness (QED) is 0.163. The largest absolute Gasteiger partial charge is 0.466 e. The average Bonchev–Trinajstić information content (AvgIpc) is 2.89. The number of ether oxygens (including phenoxy) is 1. The van der Waals surface area contributed by atoms with Gasteiger partial charge in [-0.3, -0.25) is 4.79 Å². The van der Waals surface area contributed by atoms with E-state index < -0.39 is 0 Å². The molecule has 3 heteroatoms. The van der Waals surface area contributed by atoms with Gasteiger partial charge in [-0.25, -0.2) is 0 Å². The molecule has 0 aliphatic carbocycles. The minimum absolute atomic E-state index is 0.132. The number of esters is 1. The maximum atomic E-state index is 11.8. The molecule has 4 rings (SSSR count). The smallest absolute Gasteiger partial charge is 0.306 e. The molecule has 0 N–H and O–H groups in total. The first kappa shape index (κ1) is 25.8. The second-order valence-corrected chi connectivity index (χ2v) is 10.5. The van der Waals surface area contributed by atoms with Crippen molar-refractivity contribution < 1.29 is 9.53 Å². The van der Waals surface area contributed by atoms with E-state index in [-0.39, 0.29) is 5.97 Å². The topological polar surface area (TPSA) is 26.3 Å². The van der Waals surface area contributed by atoms with E-state index >= 15 is 0 Å². The zero-order valence-corrected chi connectivity index (χ0v) is 22.2. The van der Waals surface area contributed by atoms with Crippen molar-refractivity contribution in [3.05, 3.63) is 125 Å². The van der Waals surface area contributed by atoms with Gasteiger partial charge in [-0.05, 0) is 79.1 Å². The maximum Gasteiger partial charge on any atom is 0.306 e. The fourth-order valence-electron chi connectivity index (χ4n) is 4.35. The first-order chi connectivity index (χ1) is 17.5. The Morgan fingerprint density at radius 2 is 1.50 bits per heavy atom. The van der Waals surface area contributed by atoms with E-state index in [1.165, 1.54) is 43.8 Å². The van der Waals surface area contributed by atoms with Crippen LogP contribution in [0.25, 0.3) is 11.1 Å². The summed E-state index contributed by atoms with van der Waals surface area (Å²) in [6.45, 7) is 6.53. The van der Waals surface area contributed by atoms with E-state index in [0.29, 0.717) is 24.7 Å². The third-order valence-electron chi connectivity index (χ3n) is 6.43. The van der Waals surface area contributed by atoms with Crippen LogP contribution in [0.4, 0.5) is 0 Å². The van der Waals surface area contributed by atoms with Crippen molar-refractivity contribution in [2.24, 2.45) is 0 Å². The van der Waals surface area contributed by atoms with Crippen molar-refractivity contribution in [2.45, 2.75) is 50.2 Å². The minimum Gasteiger partial charge on any atom is -0.466 e. The highest BCUT2D eigenvalue weighted by molar-refractivity contribution is 7.99. The van der Waals surface area contributed by atoms with Crippen LogP contribution in [0.5, 0.6) is 0 Å². The average molecular weight is 495 g/mol. The summed E-state index contributed by atoms with van der Waals surface area (Å²) in [6.07, 6.45) is 2.09. The second kappa shape index (κ2) is 12.6. The predicted molar refractivity (Wildman–Crippen MR) is 151 cm³/mol. The number of rotatable bonds is 10. The SMILES string of the molecule is CCOC(=O)CCc1ccc(SC(Cc2ccccc2)c2ccc(-c3ccc(C)cc3)cc2)cc1C. The summed E-state index contributed by atoms with van der Waals surface area (Å²) < 4.78 is 5.08. The Bertz CT molecular complexity index is 1260. The molecule has 184 valence electrons. The van der Waals surface area contributed by atoms with Crippen molar-refractivity contribution in [3.63, 3.8) is 0 Å². The Labute approximate surface area is 219 Å². The fraction of sp³-hybridized carbons (Fsp3) is 0.242. The number of thioether (sulfide) groups is 1. The molecule has 0 heterocycles. The monoisotopic (exact) mass is 494 g/mol. The highest BCUT2D eigenvalue weighted by Gasteiger charge is 2.16. The van der Waals surface area contributed by atoms with E-state index in [1.807, 2.05) is 18.7 Å². The maximum absolute atomic E-state index is 11.8. The zero-order chi connectivity index (χ0) is 25.3. The molecule has 1 unspecified atom stereocenters. The molecule has 0 aliphatic heterocycles. The highest BCUT2D eigenvalue weighted by Crippen LogP contribution is 2.39. The van der Waals surface area contributed by atoms with Crippen molar-refractivity contribution >= 4 is 17.7 Å². The lowest BCUT2D eigenvalue weighted by atomic mass is 9.99. The summed E-state index contributed by atoms with van der Waals surface area (Å²) in [7, 11) is 0. The summed E-state index contributed by atoms with van der Waals surface area (Å²) in [5.41, 5.74) is 8.84. The van der Waals surface area contributed by atoms with Crippen LogP contribution in [0.15, 0.2) is 102 Å². The van der Waals surface area contributed by atoms with Gasteiger partial charge in [0.25, 0.3) is 0 Å². The third kappa shape index (κ3) is 7.11. The van der Waals surface area contributed by atoms with E-state index in [1.54, 1.807) is 0 Å². The molecule has 2 nitrogen and oxygen atoms in total. The van der Waals surface area contributed by atoms with Crippen molar-refractivity contribution in [1.82, 2.24) is 0 Å². The zero-order valence-electron chi connectivity index (χ0n) is 21.4. The Hall–Kier alpha value is -3.30. The van der Waals surface area contributed by atoms with Gasteiger partial charge in [0.1, 0.15) is 0 Å². The molecule has 0 saturated carbocycles. The molecular formula is C33H34O2S. The Kier molecular flexibility index (Phi) is 9.02. The molecule has 0 fully saturated rings. The summed E-state index contributed by atoms with van der Waals surface area (Å²) in [6, 6.07) is 35.0. The molecule has 4 aromatic rings. The van der Waals surface area contributed by atoms with Crippen molar-refractivity contribution in [1.29, 1.82) is 0 Å². The van der Waals surface area contributed by atoms with Gasteiger partial charge >= 0.3 is 5.97 Å². The van der Waals surface area contributed by atoms with Crippen LogP contribution in [0.2, 0.25) is 0 Å². The summed E-state index contributed by atoms with van der Waals surface area (Å²) in [5, 5.41) is 0.296. The number of carbonyl (C=O) groups excluding carboxylic acids is 1. The van der Waals surface area contributed by atoms with Gasteiger partial charge in [0.15, 0.2) is 0 Å². The molecule has 0 amide bonds. The van der Waals surface area contributed by atoms with E-state index in [2.05, 4.69) is 111 Å². The molecule has 0 bridgehead atoms. The number of aryl methyl sites for hydroxylation is 3. The first-order valence-corrected chi connectivity index (χ1v) is 13.5. The predicted octanol–water partition coefficient (Wildman–Crippen LogP) is 8.54. The Morgan fingerprint density at radius 1 is 0.833 bits per heavy atom. The molecule has 1 atom stereocenters. The normalized spacial score (nSPS) is 11.8. The van der Waals surface area contributed by atoms with Gasteiger partial charge in [-0.2, -0.15) is 0 Å². The fourth-order valence-corrected chi connectivity index (χ4v) is 5.64. The van der Waals surface area contributed by atoms with Crippen LogP contribution in [0, 0.1) is 13.8 Å².